The van der Waals surface area contributed by atoms with Crippen LogP contribution in [0.25, 0.3) is 0 Å². The molecule has 0 radical (unpaired) electrons. The number of aromatic nitrogens is 4. The third kappa shape index (κ3) is 4.08. The van der Waals surface area contributed by atoms with Crippen molar-refractivity contribution in [2.75, 3.05) is 13.1 Å². The summed E-state index contributed by atoms with van der Waals surface area (Å²) in [4.78, 5) is 2.46. The van der Waals surface area contributed by atoms with E-state index in [9.17, 15) is 0 Å². The third-order valence-electron chi connectivity index (χ3n) is 4.70. The molecule has 1 fully saturated rings. The second-order valence-corrected chi connectivity index (χ2v) is 7.24. The van der Waals surface area contributed by atoms with Crippen LogP contribution in [-0.4, -0.2) is 38.0 Å². The van der Waals surface area contributed by atoms with Gasteiger partial charge in [-0.3, -0.25) is 14.7 Å². The van der Waals surface area contributed by atoms with Gasteiger partial charge in [0.2, 0.25) is 0 Å². The Morgan fingerprint density at radius 1 is 1.35 bits per heavy atom. The molecule has 1 atom stereocenters. The lowest BCUT2D eigenvalue weighted by Gasteiger charge is -2.13. The average molecular weight is 372 g/mol. The van der Waals surface area contributed by atoms with Gasteiger partial charge in [-0.15, -0.1) is 0 Å². The van der Waals surface area contributed by atoms with Gasteiger partial charge in [0.1, 0.15) is 12.4 Å². The van der Waals surface area contributed by atoms with Gasteiger partial charge in [-0.25, -0.2) is 0 Å². The number of halogens is 1. The van der Waals surface area contributed by atoms with Crippen LogP contribution in [-0.2, 0) is 20.2 Å². The molecule has 0 saturated carbocycles. The van der Waals surface area contributed by atoms with Gasteiger partial charge in [-0.2, -0.15) is 10.2 Å². The summed E-state index contributed by atoms with van der Waals surface area (Å²) in [5.74, 6) is 1.22. The molecule has 1 N–H and O–H groups in total. The van der Waals surface area contributed by atoms with Crippen molar-refractivity contribution >= 4 is 11.6 Å². The Labute approximate surface area is 157 Å². The second-order valence-electron chi connectivity index (χ2n) is 6.81. The molecule has 0 spiro atoms. The van der Waals surface area contributed by atoms with Crippen LogP contribution in [0, 0.1) is 0 Å². The maximum absolute atomic E-state index is 5.98. The van der Waals surface area contributed by atoms with E-state index in [1.807, 2.05) is 42.2 Å². The van der Waals surface area contributed by atoms with E-state index < -0.39 is 0 Å². The summed E-state index contributed by atoms with van der Waals surface area (Å²) >= 11 is 5.98. The minimum atomic E-state index is 0.458. The second kappa shape index (κ2) is 7.51. The molecule has 26 heavy (non-hydrogen) atoms. The number of likely N-dealkylation sites (tertiary alicyclic amines) is 1. The number of rotatable bonds is 6. The van der Waals surface area contributed by atoms with E-state index in [4.69, 9.17) is 16.3 Å². The minimum Gasteiger partial charge on any atom is -0.487 e. The maximum atomic E-state index is 5.98. The predicted molar refractivity (Wildman–Crippen MR) is 100 cm³/mol. The zero-order valence-corrected chi connectivity index (χ0v) is 15.5. The van der Waals surface area contributed by atoms with Gasteiger partial charge < -0.3 is 4.74 Å². The molecule has 1 aromatic carbocycles. The van der Waals surface area contributed by atoms with Crippen LogP contribution in [0.1, 0.15) is 29.3 Å². The highest BCUT2D eigenvalue weighted by molar-refractivity contribution is 6.30. The highest BCUT2D eigenvalue weighted by Gasteiger charge is 2.26. The Balaban J connectivity index is 1.31. The summed E-state index contributed by atoms with van der Waals surface area (Å²) in [5.41, 5.74) is 3.35. The summed E-state index contributed by atoms with van der Waals surface area (Å²) in [6.07, 6.45) is 5.14. The minimum absolute atomic E-state index is 0.458. The van der Waals surface area contributed by atoms with Crippen molar-refractivity contribution in [3.8, 4) is 5.75 Å². The average Bonchev–Trinajstić information content (AvgIpc) is 3.35. The molecular weight excluding hydrogens is 350 g/mol. The Kier molecular flexibility index (Phi) is 4.95. The molecule has 0 unspecified atom stereocenters. The lowest BCUT2D eigenvalue weighted by atomic mass is 10.1. The molecule has 7 heteroatoms. The van der Waals surface area contributed by atoms with Crippen molar-refractivity contribution in [2.24, 2.45) is 7.05 Å². The van der Waals surface area contributed by atoms with Gasteiger partial charge >= 0.3 is 0 Å². The van der Waals surface area contributed by atoms with E-state index in [0.29, 0.717) is 17.5 Å². The van der Waals surface area contributed by atoms with Crippen LogP contribution < -0.4 is 4.74 Å². The van der Waals surface area contributed by atoms with Crippen LogP contribution in [0.4, 0.5) is 0 Å². The van der Waals surface area contributed by atoms with Gasteiger partial charge in [0.25, 0.3) is 0 Å². The molecular formula is C19H22ClN5O. The molecule has 0 aliphatic carbocycles. The fourth-order valence-corrected chi connectivity index (χ4v) is 3.59. The number of benzene rings is 1. The number of ether oxygens (including phenoxy) is 1. The Morgan fingerprint density at radius 2 is 2.27 bits per heavy atom. The molecule has 3 heterocycles. The molecule has 4 rings (SSSR count). The molecule has 6 nitrogen and oxygen atoms in total. The van der Waals surface area contributed by atoms with Gasteiger partial charge in [0.15, 0.2) is 0 Å². The topological polar surface area (TPSA) is 59.0 Å². The Morgan fingerprint density at radius 3 is 3.08 bits per heavy atom. The monoisotopic (exact) mass is 371 g/mol. The SMILES string of the molecule is Cn1cc(CN2CC[C@@H](c3cc(COc4cccc(Cl)c4)[nH]n3)C2)cn1. The summed E-state index contributed by atoms with van der Waals surface area (Å²) in [7, 11) is 1.95. The van der Waals surface area contributed by atoms with E-state index >= 15 is 0 Å². The molecule has 1 aliphatic heterocycles. The quantitative estimate of drug-likeness (QED) is 0.721. The first-order valence-corrected chi connectivity index (χ1v) is 9.16. The molecule has 0 bridgehead atoms. The summed E-state index contributed by atoms with van der Waals surface area (Å²) in [6, 6.07) is 9.54. The van der Waals surface area contributed by atoms with Gasteiger partial charge in [-0.1, -0.05) is 17.7 Å². The van der Waals surface area contributed by atoms with Gasteiger partial charge in [-0.05, 0) is 37.2 Å². The van der Waals surface area contributed by atoms with E-state index in [1.165, 1.54) is 5.56 Å². The molecule has 3 aromatic rings. The highest BCUT2D eigenvalue weighted by atomic mass is 35.5. The first kappa shape index (κ1) is 17.1. The Hall–Kier alpha value is -2.31. The maximum Gasteiger partial charge on any atom is 0.130 e. The van der Waals surface area contributed by atoms with Gasteiger partial charge in [0.05, 0.1) is 17.6 Å². The number of aromatic amines is 1. The normalized spacial score (nSPS) is 17.7. The molecule has 1 saturated heterocycles. The van der Waals surface area contributed by atoms with Crippen molar-refractivity contribution in [3.63, 3.8) is 0 Å². The summed E-state index contributed by atoms with van der Waals surface area (Å²) in [5, 5.41) is 12.5. The van der Waals surface area contributed by atoms with Crippen LogP contribution in [0.15, 0.2) is 42.7 Å². The lowest BCUT2D eigenvalue weighted by molar-refractivity contribution is 0.301. The van der Waals surface area contributed by atoms with E-state index in [0.717, 1.165) is 43.2 Å². The molecule has 2 aromatic heterocycles. The fourth-order valence-electron chi connectivity index (χ4n) is 3.41. The van der Waals surface area contributed by atoms with Crippen molar-refractivity contribution < 1.29 is 4.74 Å². The summed E-state index contributed by atoms with van der Waals surface area (Å²) in [6.45, 7) is 3.51. The standard InChI is InChI=1S/C19H22ClN5O/c1-24-10-14(9-21-24)11-25-6-5-15(12-25)19-8-17(22-23-19)13-26-18-4-2-3-16(20)7-18/h2-4,7-10,15H,5-6,11-13H2,1H3,(H,22,23)/t15-/m1/s1. The Bertz CT molecular complexity index is 874. The van der Waals surface area contributed by atoms with Gasteiger partial charge in [0, 0.05) is 42.8 Å². The van der Waals surface area contributed by atoms with E-state index in [1.54, 1.807) is 0 Å². The highest BCUT2D eigenvalue weighted by Crippen LogP contribution is 2.27. The zero-order valence-electron chi connectivity index (χ0n) is 14.7. The number of hydrogen-bond acceptors (Lipinski definition) is 4. The fraction of sp³-hybridized carbons (Fsp3) is 0.368. The van der Waals surface area contributed by atoms with Crippen LogP contribution >= 0.6 is 11.6 Å². The van der Waals surface area contributed by atoms with Crippen molar-refractivity contribution in [2.45, 2.75) is 25.5 Å². The van der Waals surface area contributed by atoms with Crippen molar-refractivity contribution in [1.82, 2.24) is 24.9 Å². The third-order valence-corrected chi connectivity index (χ3v) is 4.93. The molecule has 0 amide bonds. The van der Waals surface area contributed by atoms with Crippen molar-refractivity contribution in [3.05, 3.63) is 64.7 Å². The number of H-pyrrole nitrogens is 1. The predicted octanol–water partition coefficient (Wildman–Crippen LogP) is 3.37. The van der Waals surface area contributed by atoms with Crippen LogP contribution in [0.5, 0.6) is 5.75 Å². The number of nitrogens with zero attached hydrogens (tertiary/aromatic N) is 4. The zero-order chi connectivity index (χ0) is 17.9. The summed E-state index contributed by atoms with van der Waals surface area (Å²) < 4.78 is 7.63. The lowest BCUT2D eigenvalue weighted by Crippen LogP contribution is -2.19. The largest absolute Gasteiger partial charge is 0.487 e. The number of hydrogen-bond donors (Lipinski definition) is 1. The van der Waals surface area contributed by atoms with Crippen LogP contribution in [0.2, 0.25) is 5.02 Å². The number of nitrogens with one attached hydrogen (secondary N) is 1. The number of aryl methyl sites for hydroxylation is 1. The van der Waals surface area contributed by atoms with Crippen LogP contribution in [0.3, 0.4) is 0 Å². The van der Waals surface area contributed by atoms with E-state index in [-0.39, 0.29) is 0 Å². The molecule has 136 valence electrons. The molecule has 1 aliphatic rings. The first-order chi connectivity index (χ1) is 12.7. The van der Waals surface area contributed by atoms with E-state index in [2.05, 4.69) is 32.5 Å². The van der Waals surface area contributed by atoms with Crippen molar-refractivity contribution in [1.29, 1.82) is 0 Å². The smallest absolute Gasteiger partial charge is 0.130 e. The first-order valence-electron chi connectivity index (χ1n) is 8.78.